The van der Waals surface area contributed by atoms with E-state index < -0.39 is 0 Å². The van der Waals surface area contributed by atoms with Crippen molar-refractivity contribution in [3.8, 4) is 0 Å². The van der Waals surface area contributed by atoms with Gasteiger partial charge in [-0.05, 0) is 65.9 Å². The van der Waals surface area contributed by atoms with Crippen molar-refractivity contribution in [1.29, 1.82) is 0 Å². The standard InChI is InChI=1S/2C18H30/c2*1-16(2,3)13-10-11-14(17(4,5)6)15(12-13)18(7,8)9/h2*10-12H,1-9H3. The molecule has 0 bridgehead atoms. The predicted octanol–water partition coefficient (Wildman–Crippen LogP) is 11.2. The molecule has 0 heterocycles. The summed E-state index contributed by atoms with van der Waals surface area (Å²) in [7, 11) is 0. The van der Waals surface area contributed by atoms with Gasteiger partial charge in [-0.15, -0.1) is 0 Å². The van der Waals surface area contributed by atoms with Crippen molar-refractivity contribution >= 4 is 0 Å². The Morgan fingerprint density at radius 2 is 0.500 bits per heavy atom. The second-order valence-corrected chi connectivity index (χ2v) is 17.0. The van der Waals surface area contributed by atoms with Crippen molar-refractivity contribution in [2.45, 2.75) is 157 Å². The summed E-state index contributed by atoms with van der Waals surface area (Å²) < 4.78 is 0. The van der Waals surface area contributed by atoms with Crippen molar-refractivity contribution in [3.05, 3.63) is 69.8 Å². The third-order valence-corrected chi connectivity index (χ3v) is 7.00. The van der Waals surface area contributed by atoms with Crippen molar-refractivity contribution in [1.82, 2.24) is 0 Å². The first-order valence-corrected chi connectivity index (χ1v) is 14.0. The zero-order valence-corrected chi connectivity index (χ0v) is 27.5. The topological polar surface area (TPSA) is 0 Å². The normalized spacial score (nSPS) is 13.8. The molecule has 0 aromatic heterocycles. The van der Waals surface area contributed by atoms with Gasteiger partial charge in [0.15, 0.2) is 0 Å². The van der Waals surface area contributed by atoms with E-state index in [1.54, 1.807) is 0 Å². The molecule has 204 valence electrons. The molecule has 0 fully saturated rings. The van der Waals surface area contributed by atoms with Gasteiger partial charge in [0.1, 0.15) is 0 Å². The molecule has 0 spiro atoms. The van der Waals surface area contributed by atoms with Gasteiger partial charge < -0.3 is 0 Å². The molecule has 2 rings (SSSR count). The molecule has 0 amide bonds. The molecule has 0 aliphatic carbocycles. The lowest BCUT2D eigenvalue weighted by atomic mass is 9.73. The smallest absolute Gasteiger partial charge is 0.0129 e. The van der Waals surface area contributed by atoms with Crippen LogP contribution in [0.15, 0.2) is 36.4 Å². The summed E-state index contributed by atoms with van der Waals surface area (Å²) >= 11 is 0. The molecule has 0 atom stereocenters. The first kappa shape index (κ1) is 32.5. The van der Waals surface area contributed by atoms with Crippen LogP contribution in [0, 0.1) is 0 Å². The molecule has 0 saturated heterocycles. The van der Waals surface area contributed by atoms with Gasteiger partial charge in [-0.2, -0.15) is 0 Å². The Balaban J connectivity index is 0.000000360. The molecule has 0 aliphatic rings. The van der Waals surface area contributed by atoms with Crippen molar-refractivity contribution in [3.63, 3.8) is 0 Å². The SMILES string of the molecule is CC(C)(C)c1ccc(C(C)(C)C)c(C(C)(C)C)c1.CC(C)(C)c1ccc(C(C)(C)C)c(C(C)(C)C)c1. The molecule has 36 heavy (non-hydrogen) atoms. The Kier molecular flexibility index (Phi) is 9.29. The summed E-state index contributed by atoms with van der Waals surface area (Å²) in [5.74, 6) is 0. The van der Waals surface area contributed by atoms with Gasteiger partial charge in [0, 0.05) is 0 Å². The quantitative estimate of drug-likeness (QED) is 0.343. The average molecular weight is 493 g/mol. The summed E-state index contributed by atoms with van der Waals surface area (Å²) in [5.41, 5.74) is 10.0. The number of hydrogen-bond acceptors (Lipinski definition) is 0. The highest BCUT2D eigenvalue weighted by atomic mass is 14.3. The summed E-state index contributed by atoms with van der Waals surface area (Å²) in [6.07, 6.45) is 0. The van der Waals surface area contributed by atoms with E-state index in [4.69, 9.17) is 0 Å². The first-order valence-electron chi connectivity index (χ1n) is 14.0. The molecular weight excluding hydrogens is 432 g/mol. The van der Waals surface area contributed by atoms with Crippen LogP contribution in [0.1, 0.15) is 158 Å². The minimum Gasteiger partial charge on any atom is -0.0582 e. The highest BCUT2D eigenvalue weighted by molar-refractivity contribution is 5.43. The van der Waals surface area contributed by atoms with E-state index >= 15 is 0 Å². The summed E-state index contributed by atoms with van der Waals surface area (Å²) in [6.45, 7) is 41.4. The van der Waals surface area contributed by atoms with Crippen LogP contribution < -0.4 is 0 Å². The fourth-order valence-corrected chi connectivity index (χ4v) is 4.57. The fraction of sp³-hybridized carbons (Fsp3) is 0.667. The lowest BCUT2D eigenvalue weighted by Gasteiger charge is -2.32. The van der Waals surface area contributed by atoms with Crippen LogP contribution in [0.25, 0.3) is 0 Å². The summed E-state index contributed by atoms with van der Waals surface area (Å²) in [6, 6.07) is 14.1. The lowest BCUT2D eigenvalue weighted by Crippen LogP contribution is -2.23. The monoisotopic (exact) mass is 492 g/mol. The van der Waals surface area contributed by atoms with Gasteiger partial charge in [0.25, 0.3) is 0 Å². The fourth-order valence-electron chi connectivity index (χ4n) is 4.57. The predicted molar refractivity (Wildman–Crippen MR) is 165 cm³/mol. The van der Waals surface area contributed by atoms with Crippen LogP contribution in [0.4, 0.5) is 0 Å². The van der Waals surface area contributed by atoms with E-state index in [0.717, 1.165) is 0 Å². The molecule has 0 unspecified atom stereocenters. The molecule has 0 N–H and O–H groups in total. The van der Waals surface area contributed by atoms with E-state index in [-0.39, 0.29) is 32.5 Å². The Hall–Kier alpha value is -1.56. The maximum atomic E-state index is 2.42. The van der Waals surface area contributed by atoms with Crippen LogP contribution in [0.3, 0.4) is 0 Å². The molecule has 0 aliphatic heterocycles. The Labute approximate surface area is 226 Å². The number of hydrogen-bond donors (Lipinski definition) is 0. The van der Waals surface area contributed by atoms with Gasteiger partial charge in [-0.25, -0.2) is 0 Å². The first-order chi connectivity index (χ1) is 15.7. The molecule has 2 aromatic carbocycles. The molecule has 0 saturated carbocycles. The minimum absolute atomic E-state index is 0.198. The zero-order chi connectivity index (χ0) is 28.7. The lowest BCUT2D eigenvalue weighted by molar-refractivity contribution is 0.523. The summed E-state index contributed by atoms with van der Waals surface area (Å²) in [5, 5.41) is 0. The van der Waals surface area contributed by atoms with E-state index in [2.05, 4.69) is 161 Å². The third-order valence-electron chi connectivity index (χ3n) is 7.00. The number of rotatable bonds is 0. The Morgan fingerprint density at radius 3 is 0.667 bits per heavy atom. The van der Waals surface area contributed by atoms with Crippen LogP contribution in [0.2, 0.25) is 0 Å². The molecule has 0 radical (unpaired) electrons. The van der Waals surface area contributed by atoms with Gasteiger partial charge in [0.2, 0.25) is 0 Å². The molecular formula is C36H60. The minimum atomic E-state index is 0.198. The van der Waals surface area contributed by atoms with E-state index in [1.165, 1.54) is 33.4 Å². The Bertz CT molecular complexity index is 919. The van der Waals surface area contributed by atoms with Gasteiger partial charge >= 0.3 is 0 Å². The third kappa shape index (κ3) is 8.78. The summed E-state index contributed by atoms with van der Waals surface area (Å²) in [4.78, 5) is 0. The molecule has 0 nitrogen and oxygen atoms in total. The van der Waals surface area contributed by atoms with Crippen molar-refractivity contribution in [2.24, 2.45) is 0 Å². The second kappa shape index (κ2) is 10.3. The van der Waals surface area contributed by atoms with Crippen molar-refractivity contribution < 1.29 is 0 Å². The highest BCUT2D eigenvalue weighted by Crippen LogP contribution is 2.38. The van der Waals surface area contributed by atoms with Crippen LogP contribution in [0.5, 0.6) is 0 Å². The van der Waals surface area contributed by atoms with E-state index in [0.29, 0.717) is 0 Å². The zero-order valence-electron chi connectivity index (χ0n) is 27.5. The second-order valence-electron chi connectivity index (χ2n) is 17.0. The van der Waals surface area contributed by atoms with E-state index in [1.807, 2.05) is 0 Å². The van der Waals surface area contributed by atoms with Gasteiger partial charge in [0.05, 0.1) is 0 Å². The maximum Gasteiger partial charge on any atom is -0.0129 e. The van der Waals surface area contributed by atoms with E-state index in [9.17, 15) is 0 Å². The maximum absolute atomic E-state index is 2.42. The van der Waals surface area contributed by atoms with Crippen molar-refractivity contribution in [2.75, 3.05) is 0 Å². The molecule has 2 aromatic rings. The van der Waals surface area contributed by atoms with Crippen LogP contribution in [-0.2, 0) is 32.5 Å². The van der Waals surface area contributed by atoms with Crippen LogP contribution >= 0.6 is 0 Å². The largest absolute Gasteiger partial charge is 0.0582 e. The molecule has 0 heteroatoms. The van der Waals surface area contributed by atoms with Gasteiger partial charge in [-0.1, -0.05) is 161 Å². The average Bonchev–Trinajstić information content (AvgIpc) is 2.63. The highest BCUT2D eigenvalue weighted by Gasteiger charge is 2.28. The van der Waals surface area contributed by atoms with Gasteiger partial charge in [-0.3, -0.25) is 0 Å². The van der Waals surface area contributed by atoms with Crippen LogP contribution in [-0.4, -0.2) is 0 Å². The number of benzene rings is 2. The Morgan fingerprint density at radius 1 is 0.278 bits per heavy atom.